The Morgan fingerprint density at radius 3 is 2.93 bits per heavy atom. The molecule has 1 atom stereocenters. The third kappa shape index (κ3) is 3.25. The SMILES string of the molecule is COC(=O)Nc1cccc(C(C)CO)c1. The van der Waals surface area contributed by atoms with E-state index in [9.17, 15) is 4.79 Å². The van der Waals surface area contributed by atoms with E-state index in [1.165, 1.54) is 7.11 Å². The molecule has 0 aliphatic heterocycles. The molecule has 0 aliphatic rings. The van der Waals surface area contributed by atoms with Gasteiger partial charge in [0.1, 0.15) is 0 Å². The van der Waals surface area contributed by atoms with Gasteiger partial charge in [0, 0.05) is 18.2 Å². The zero-order valence-corrected chi connectivity index (χ0v) is 8.86. The first-order valence-corrected chi connectivity index (χ1v) is 4.73. The van der Waals surface area contributed by atoms with Gasteiger partial charge in [0.2, 0.25) is 0 Å². The van der Waals surface area contributed by atoms with Crippen LogP contribution in [0.4, 0.5) is 10.5 Å². The Hall–Kier alpha value is -1.55. The van der Waals surface area contributed by atoms with Crippen LogP contribution in [0.25, 0.3) is 0 Å². The molecule has 0 aliphatic carbocycles. The molecule has 15 heavy (non-hydrogen) atoms. The van der Waals surface area contributed by atoms with E-state index in [4.69, 9.17) is 5.11 Å². The summed E-state index contributed by atoms with van der Waals surface area (Å²) in [5.41, 5.74) is 1.64. The lowest BCUT2D eigenvalue weighted by Crippen LogP contribution is -2.11. The lowest BCUT2D eigenvalue weighted by molar-refractivity contribution is 0.187. The summed E-state index contributed by atoms with van der Waals surface area (Å²) < 4.78 is 4.48. The molecule has 0 heterocycles. The molecule has 4 nitrogen and oxygen atoms in total. The van der Waals surface area contributed by atoms with Crippen molar-refractivity contribution in [2.24, 2.45) is 0 Å². The number of hydrogen-bond acceptors (Lipinski definition) is 3. The van der Waals surface area contributed by atoms with Gasteiger partial charge in [-0.1, -0.05) is 19.1 Å². The summed E-state index contributed by atoms with van der Waals surface area (Å²) >= 11 is 0. The number of hydrogen-bond donors (Lipinski definition) is 2. The highest BCUT2D eigenvalue weighted by Crippen LogP contribution is 2.18. The van der Waals surface area contributed by atoms with Crippen LogP contribution >= 0.6 is 0 Å². The van der Waals surface area contributed by atoms with E-state index in [2.05, 4.69) is 10.1 Å². The summed E-state index contributed by atoms with van der Waals surface area (Å²) in [5, 5.41) is 11.6. The average Bonchev–Trinajstić information content (AvgIpc) is 2.28. The van der Waals surface area contributed by atoms with E-state index in [1.54, 1.807) is 6.07 Å². The number of aliphatic hydroxyl groups is 1. The van der Waals surface area contributed by atoms with E-state index in [0.29, 0.717) is 5.69 Å². The number of amides is 1. The molecule has 82 valence electrons. The second kappa shape index (κ2) is 5.36. The molecular formula is C11H15NO3. The largest absolute Gasteiger partial charge is 0.453 e. The van der Waals surface area contributed by atoms with E-state index in [1.807, 2.05) is 25.1 Å². The van der Waals surface area contributed by atoms with Crippen molar-refractivity contribution in [3.05, 3.63) is 29.8 Å². The predicted octanol–water partition coefficient (Wildman–Crippen LogP) is 1.96. The summed E-state index contributed by atoms with van der Waals surface area (Å²) in [4.78, 5) is 10.9. The highest BCUT2D eigenvalue weighted by molar-refractivity contribution is 5.84. The van der Waals surface area contributed by atoms with Crippen molar-refractivity contribution in [3.63, 3.8) is 0 Å². The number of ether oxygens (including phenoxy) is 1. The molecule has 1 aromatic rings. The topological polar surface area (TPSA) is 58.6 Å². The van der Waals surface area contributed by atoms with E-state index >= 15 is 0 Å². The van der Waals surface area contributed by atoms with Crippen LogP contribution in [0.15, 0.2) is 24.3 Å². The van der Waals surface area contributed by atoms with Crippen molar-refractivity contribution < 1.29 is 14.6 Å². The van der Waals surface area contributed by atoms with Crippen LogP contribution in [-0.4, -0.2) is 24.9 Å². The minimum Gasteiger partial charge on any atom is -0.453 e. The summed E-state index contributed by atoms with van der Waals surface area (Å²) in [7, 11) is 1.32. The number of anilines is 1. The fourth-order valence-corrected chi connectivity index (χ4v) is 1.20. The highest BCUT2D eigenvalue weighted by Gasteiger charge is 2.06. The first-order valence-electron chi connectivity index (χ1n) is 4.73. The smallest absolute Gasteiger partial charge is 0.411 e. The standard InChI is InChI=1S/C11H15NO3/c1-8(7-13)9-4-3-5-10(6-9)12-11(14)15-2/h3-6,8,13H,7H2,1-2H3,(H,12,14). The number of carbonyl (C=O) groups excluding carboxylic acids is 1. The Bertz CT molecular complexity index is 338. The Kier molecular flexibility index (Phi) is 4.12. The van der Waals surface area contributed by atoms with Crippen molar-refractivity contribution in [2.45, 2.75) is 12.8 Å². The van der Waals surface area contributed by atoms with Crippen molar-refractivity contribution in [1.82, 2.24) is 0 Å². The van der Waals surface area contributed by atoms with Crippen LogP contribution in [0, 0.1) is 0 Å². The Balaban J connectivity index is 2.78. The van der Waals surface area contributed by atoms with Gasteiger partial charge in [0.25, 0.3) is 0 Å². The van der Waals surface area contributed by atoms with E-state index < -0.39 is 6.09 Å². The van der Waals surface area contributed by atoms with Crippen LogP contribution < -0.4 is 5.32 Å². The first-order chi connectivity index (χ1) is 7.17. The highest BCUT2D eigenvalue weighted by atomic mass is 16.5. The van der Waals surface area contributed by atoms with Gasteiger partial charge in [-0.25, -0.2) is 4.79 Å². The monoisotopic (exact) mass is 209 g/mol. The average molecular weight is 209 g/mol. The Labute approximate surface area is 88.9 Å². The maximum Gasteiger partial charge on any atom is 0.411 e. The van der Waals surface area contributed by atoms with Gasteiger partial charge in [-0.3, -0.25) is 5.32 Å². The maximum absolute atomic E-state index is 10.9. The third-order valence-corrected chi connectivity index (χ3v) is 2.16. The molecule has 0 radical (unpaired) electrons. The molecule has 0 spiro atoms. The Morgan fingerprint density at radius 2 is 2.33 bits per heavy atom. The van der Waals surface area contributed by atoms with Gasteiger partial charge in [0.05, 0.1) is 7.11 Å². The lowest BCUT2D eigenvalue weighted by Gasteiger charge is -2.10. The third-order valence-electron chi connectivity index (χ3n) is 2.16. The van der Waals surface area contributed by atoms with Crippen LogP contribution in [0.2, 0.25) is 0 Å². The number of aliphatic hydroxyl groups excluding tert-OH is 1. The molecular weight excluding hydrogens is 194 g/mol. The van der Waals surface area contributed by atoms with Crippen LogP contribution in [-0.2, 0) is 4.74 Å². The second-order valence-corrected chi connectivity index (χ2v) is 3.33. The normalized spacial score (nSPS) is 11.9. The van der Waals surface area contributed by atoms with E-state index in [-0.39, 0.29) is 12.5 Å². The molecule has 1 rings (SSSR count). The number of nitrogens with one attached hydrogen (secondary N) is 1. The van der Waals surface area contributed by atoms with Gasteiger partial charge in [0.15, 0.2) is 0 Å². The summed E-state index contributed by atoms with van der Waals surface area (Å²) in [6.45, 7) is 2.00. The summed E-state index contributed by atoms with van der Waals surface area (Å²) in [5.74, 6) is 0.0596. The van der Waals surface area contributed by atoms with Crippen LogP contribution in [0.5, 0.6) is 0 Å². The molecule has 1 unspecified atom stereocenters. The number of rotatable bonds is 3. The van der Waals surface area contributed by atoms with Gasteiger partial charge in [-0.2, -0.15) is 0 Å². The zero-order chi connectivity index (χ0) is 11.3. The maximum atomic E-state index is 10.9. The van der Waals surface area contributed by atoms with Gasteiger partial charge < -0.3 is 9.84 Å². The molecule has 1 amide bonds. The molecule has 4 heteroatoms. The quantitative estimate of drug-likeness (QED) is 0.800. The number of carbonyl (C=O) groups is 1. The van der Waals surface area contributed by atoms with Crippen molar-refractivity contribution >= 4 is 11.8 Å². The van der Waals surface area contributed by atoms with Crippen LogP contribution in [0.3, 0.4) is 0 Å². The minimum atomic E-state index is -0.496. The van der Waals surface area contributed by atoms with Gasteiger partial charge in [-0.05, 0) is 17.7 Å². The molecule has 0 fully saturated rings. The Morgan fingerprint density at radius 1 is 1.60 bits per heavy atom. The molecule has 2 N–H and O–H groups in total. The van der Waals surface area contributed by atoms with Gasteiger partial charge in [-0.15, -0.1) is 0 Å². The van der Waals surface area contributed by atoms with E-state index in [0.717, 1.165) is 5.56 Å². The number of benzene rings is 1. The van der Waals surface area contributed by atoms with Crippen molar-refractivity contribution in [1.29, 1.82) is 0 Å². The lowest BCUT2D eigenvalue weighted by atomic mass is 10.0. The number of methoxy groups -OCH3 is 1. The summed E-state index contributed by atoms with van der Waals surface area (Å²) in [6, 6.07) is 7.32. The second-order valence-electron chi connectivity index (χ2n) is 3.33. The van der Waals surface area contributed by atoms with Gasteiger partial charge >= 0.3 is 6.09 Å². The molecule has 0 bridgehead atoms. The van der Waals surface area contributed by atoms with Crippen molar-refractivity contribution in [2.75, 3.05) is 19.0 Å². The van der Waals surface area contributed by atoms with Crippen molar-refractivity contribution in [3.8, 4) is 0 Å². The fourth-order valence-electron chi connectivity index (χ4n) is 1.20. The molecule has 0 saturated heterocycles. The zero-order valence-electron chi connectivity index (χ0n) is 8.86. The first kappa shape index (κ1) is 11.5. The molecule has 0 saturated carbocycles. The fraction of sp³-hybridized carbons (Fsp3) is 0.364. The van der Waals surface area contributed by atoms with Crippen LogP contribution in [0.1, 0.15) is 18.4 Å². The molecule has 0 aromatic heterocycles. The predicted molar refractivity (Wildman–Crippen MR) is 58.0 cm³/mol. The molecule has 1 aromatic carbocycles. The minimum absolute atomic E-state index is 0.0596. The summed E-state index contributed by atoms with van der Waals surface area (Å²) in [6.07, 6.45) is -0.496.